The van der Waals surface area contributed by atoms with Gasteiger partial charge in [0.25, 0.3) is 5.91 Å². The minimum atomic E-state index is -1.23. The lowest BCUT2D eigenvalue weighted by atomic mass is 10.0. The van der Waals surface area contributed by atoms with Gasteiger partial charge in [0.05, 0.1) is 11.1 Å². The van der Waals surface area contributed by atoms with Crippen LogP contribution in [0.25, 0.3) is 0 Å². The Labute approximate surface area is 140 Å². The van der Waals surface area contributed by atoms with E-state index in [0.717, 1.165) is 17.2 Å². The highest BCUT2D eigenvalue weighted by Crippen LogP contribution is 2.16. The molecule has 0 aliphatic carbocycles. The maximum Gasteiger partial charge on any atom is 0.335 e. The van der Waals surface area contributed by atoms with E-state index in [-0.39, 0.29) is 17.2 Å². The second-order valence-electron chi connectivity index (χ2n) is 5.95. The summed E-state index contributed by atoms with van der Waals surface area (Å²) < 4.78 is 14.0. The van der Waals surface area contributed by atoms with E-state index in [2.05, 4.69) is 0 Å². The van der Waals surface area contributed by atoms with Crippen LogP contribution in [0.15, 0.2) is 42.5 Å². The summed E-state index contributed by atoms with van der Waals surface area (Å²) in [6.07, 6.45) is 0.650. The molecule has 0 spiro atoms. The molecule has 5 heteroatoms. The molecule has 0 fully saturated rings. The number of halogens is 1. The molecule has 24 heavy (non-hydrogen) atoms. The van der Waals surface area contributed by atoms with Crippen LogP contribution < -0.4 is 0 Å². The minimum absolute atomic E-state index is 0.126. The van der Waals surface area contributed by atoms with Gasteiger partial charge in [-0.3, -0.25) is 4.79 Å². The SMILES string of the molecule is Cc1ccc(CC(C)N(C)C(=O)c2ccc(C(=O)O)cc2F)cc1. The number of amides is 1. The average molecular weight is 329 g/mol. The third-order valence-electron chi connectivity index (χ3n) is 4.08. The number of carboxylic acids is 1. The largest absolute Gasteiger partial charge is 0.478 e. The Balaban J connectivity index is 2.13. The number of carboxylic acid groups (broad SMARTS) is 1. The van der Waals surface area contributed by atoms with Crippen molar-refractivity contribution in [2.45, 2.75) is 26.3 Å². The van der Waals surface area contributed by atoms with Crippen LogP contribution in [-0.2, 0) is 6.42 Å². The first-order valence-electron chi connectivity index (χ1n) is 7.65. The van der Waals surface area contributed by atoms with Crippen LogP contribution in [0.3, 0.4) is 0 Å². The Kier molecular flexibility index (Phi) is 5.34. The Bertz CT molecular complexity index is 756. The number of hydrogen-bond donors (Lipinski definition) is 1. The molecule has 1 amide bonds. The molecular formula is C19H20FNO3. The Hall–Kier alpha value is -2.69. The number of benzene rings is 2. The summed E-state index contributed by atoms with van der Waals surface area (Å²) in [6.45, 7) is 3.90. The zero-order chi connectivity index (χ0) is 17.9. The fourth-order valence-corrected chi connectivity index (χ4v) is 2.41. The highest BCUT2D eigenvalue weighted by molar-refractivity contribution is 5.96. The van der Waals surface area contributed by atoms with Crippen molar-refractivity contribution in [2.24, 2.45) is 0 Å². The molecule has 1 atom stereocenters. The maximum absolute atomic E-state index is 14.0. The van der Waals surface area contributed by atoms with Crippen LogP contribution in [0.5, 0.6) is 0 Å². The summed E-state index contributed by atoms with van der Waals surface area (Å²) in [5.74, 6) is -2.52. The molecule has 2 rings (SSSR count). The number of hydrogen-bond acceptors (Lipinski definition) is 2. The van der Waals surface area contributed by atoms with Crippen LogP contribution in [0.1, 0.15) is 38.8 Å². The van der Waals surface area contributed by atoms with E-state index < -0.39 is 17.7 Å². The molecule has 2 aromatic carbocycles. The quantitative estimate of drug-likeness (QED) is 0.913. The van der Waals surface area contributed by atoms with E-state index in [9.17, 15) is 14.0 Å². The van der Waals surface area contributed by atoms with Gasteiger partial charge in [0, 0.05) is 13.1 Å². The topological polar surface area (TPSA) is 57.6 Å². The molecule has 4 nitrogen and oxygen atoms in total. The molecule has 0 saturated carbocycles. The summed E-state index contributed by atoms with van der Waals surface area (Å²) in [7, 11) is 1.62. The molecule has 1 unspecified atom stereocenters. The van der Waals surface area contributed by atoms with Gasteiger partial charge in [0.15, 0.2) is 0 Å². The number of carbonyl (C=O) groups is 2. The molecule has 0 heterocycles. The summed E-state index contributed by atoms with van der Waals surface area (Å²) in [4.78, 5) is 24.8. The number of rotatable bonds is 5. The smallest absolute Gasteiger partial charge is 0.335 e. The Morgan fingerprint density at radius 3 is 2.33 bits per heavy atom. The average Bonchev–Trinajstić information content (AvgIpc) is 2.55. The van der Waals surface area contributed by atoms with Gasteiger partial charge in [0.2, 0.25) is 0 Å². The standard InChI is InChI=1S/C19H20FNO3/c1-12-4-6-14(7-5-12)10-13(2)21(3)18(22)16-9-8-15(19(23)24)11-17(16)20/h4-9,11,13H,10H2,1-3H3,(H,23,24). The molecule has 2 aromatic rings. The number of aryl methyl sites for hydroxylation is 1. The van der Waals surface area contributed by atoms with Gasteiger partial charge in [-0.25, -0.2) is 9.18 Å². The zero-order valence-electron chi connectivity index (χ0n) is 13.9. The first kappa shape index (κ1) is 17.7. The van der Waals surface area contributed by atoms with Gasteiger partial charge < -0.3 is 10.0 Å². The van der Waals surface area contributed by atoms with Gasteiger partial charge >= 0.3 is 5.97 Å². The van der Waals surface area contributed by atoms with Crippen LogP contribution in [0.4, 0.5) is 4.39 Å². The highest BCUT2D eigenvalue weighted by Gasteiger charge is 2.21. The molecule has 0 bridgehead atoms. The van der Waals surface area contributed by atoms with Crippen molar-refractivity contribution in [2.75, 3.05) is 7.05 Å². The summed E-state index contributed by atoms with van der Waals surface area (Å²) in [5, 5.41) is 8.86. The fraction of sp³-hybridized carbons (Fsp3) is 0.263. The lowest BCUT2D eigenvalue weighted by Crippen LogP contribution is -2.37. The van der Waals surface area contributed by atoms with E-state index in [1.54, 1.807) is 7.05 Å². The Morgan fingerprint density at radius 1 is 1.17 bits per heavy atom. The van der Waals surface area contributed by atoms with Gasteiger partial charge in [0.1, 0.15) is 5.82 Å². The monoisotopic (exact) mass is 329 g/mol. The number of aromatic carboxylic acids is 1. The first-order valence-corrected chi connectivity index (χ1v) is 7.65. The van der Waals surface area contributed by atoms with Crippen molar-refractivity contribution in [1.29, 1.82) is 0 Å². The van der Waals surface area contributed by atoms with Crippen LogP contribution in [0, 0.1) is 12.7 Å². The second kappa shape index (κ2) is 7.25. The predicted octanol–water partition coefficient (Wildman–Crippen LogP) is 3.54. The molecule has 0 aliphatic heterocycles. The summed E-state index contributed by atoms with van der Waals surface area (Å²) >= 11 is 0. The first-order chi connectivity index (χ1) is 11.3. The van der Waals surface area contributed by atoms with E-state index >= 15 is 0 Å². The maximum atomic E-state index is 14.0. The van der Waals surface area contributed by atoms with Gasteiger partial charge in [-0.1, -0.05) is 29.8 Å². The van der Waals surface area contributed by atoms with Gasteiger partial charge in [-0.2, -0.15) is 0 Å². The molecule has 0 aliphatic rings. The van der Waals surface area contributed by atoms with Crippen LogP contribution in [0.2, 0.25) is 0 Å². The van der Waals surface area contributed by atoms with Crippen molar-refractivity contribution in [3.05, 3.63) is 70.5 Å². The molecule has 0 aromatic heterocycles. The van der Waals surface area contributed by atoms with Crippen LogP contribution >= 0.6 is 0 Å². The normalized spacial score (nSPS) is 11.8. The molecular weight excluding hydrogens is 309 g/mol. The molecule has 1 N–H and O–H groups in total. The third-order valence-corrected chi connectivity index (χ3v) is 4.08. The number of likely N-dealkylation sites (N-methyl/N-ethyl adjacent to an activating group) is 1. The lowest BCUT2D eigenvalue weighted by molar-refractivity contribution is 0.0691. The molecule has 0 radical (unpaired) electrons. The summed E-state index contributed by atoms with van der Waals surface area (Å²) in [6, 6.07) is 11.2. The van der Waals surface area contributed by atoms with E-state index in [1.807, 2.05) is 38.1 Å². The predicted molar refractivity (Wildman–Crippen MR) is 89.8 cm³/mol. The minimum Gasteiger partial charge on any atom is -0.478 e. The third kappa shape index (κ3) is 3.98. The van der Waals surface area contributed by atoms with Crippen molar-refractivity contribution in [3.63, 3.8) is 0 Å². The molecule has 0 saturated heterocycles. The highest BCUT2D eigenvalue weighted by atomic mass is 19.1. The van der Waals surface area contributed by atoms with Crippen molar-refractivity contribution in [3.8, 4) is 0 Å². The van der Waals surface area contributed by atoms with Crippen LogP contribution in [-0.4, -0.2) is 35.0 Å². The lowest BCUT2D eigenvalue weighted by Gasteiger charge is -2.25. The van der Waals surface area contributed by atoms with Gasteiger partial charge in [-0.05, 0) is 44.0 Å². The number of nitrogens with zero attached hydrogens (tertiary/aromatic N) is 1. The molecule has 126 valence electrons. The van der Waals surface area contributed by atoms with Crippen molar-refractivity contribution >= 4 is 11.9 Å². The van der Waals surface area contributed by atoms with Crippen molar-refractivity contribution < 1.29 is 19.1 Å². The zero-order valence-corrected chi connectivity index (χ0v) is 13.9. The van der Waals surface area contributed by atoms with Gasteiger partial charge in [-0.15, -0.1) is 0 Å². The second-order valence-corrected chi connectivity index (χ2v) is 5.95. The number of carbonyl (C=O) groups excluding carboxylic acids is 1. The van der Waals surface area contributed by atoms with E-state index in [1.165, 1.54) is 17.0 Å². The van der Waals surface area contributed by atoms with E-state index in [4.69, 9.17) is 5.11 Å². The van der Waals surface area contributed by atoms with E-state index in [0.29, 0.717) is 6.42 Å². The van der Waals surface area contributed by atoms with Crippen molar-refractivity contribution in [1.82, 2.24) is 4.90 Å². The fourth-order valence-electron chi connectivity index (χ4n) is 2.41. The summed E-state index contributed by atoms with van der Waals surface area (Å²) in [5.41, 5.74) is 1.95. The Morgan fingerprint density at radius 2 is 1.79 bits per heavy atom.